The molecule has 1 fully saturated rings. The minimum absolute atomic E-state index is 0.0979. The highest BCUT2D eigenvalue weighted by atomic mass is 19.3. The number of nitrogens with one attached hydrogen (secondary N) is 1. The van der Waals surface area contributed by atoms with Crippen LogP contribution >= 0.6 is 0 Å². The highest BCUT2D eigenvalue weighted by Crippen LogP contribution is 2.43. The Morgan fingerprint density at radius 2 is 1.94 bits per heavy atom. The summed E-state index contributed by atoms with van der Waals surface area (Å²) in [6, 6.07) is 5.28. The summed E-state index contributed by atoms with van der Waals surface area (Å²) in [4.78, 5) is 14.0. The van der Waals surface area contributed by atoms with Crippen LogP contribution in [0.1, 0.15) is 54.7 Å². The van der Waals surface area contributed by atoms with Crippen LogP contribution in [-0.4, -0.2) is 41.4 Å². The van der Waals surface area contributed by atoms with Gasteiger partial charge >= 0.3 is 0 Å². The molecule has 5 rings (SSSR count). The fraction of sp³-hybridized carbons (Fsp3) is 0.480. The molecule has 186 valence electrons. The van der Waals surface area contributed by atoms with Gasteiger partial charge in [0.05, 0.1) is 17.2 Å². The van der Waals surface area contributed by atoms with E-state index < -0.39 is 29.4 Å². The van der Waals surface area contributed by atoms with Crippen molar-refractivity contribution in [1.29, 1.82) is 0 Å². The molecule has 0 amide bonds. The van der Waals surface area contributed by atoms with Gasteiger partial charge in [-0.25, -0.2) is 23.1 Å². The van der Waals surface area contributed by atoms with Gasteiger partial charge < -0.3 is 19.4 Å². The summed E-state index contributed by atoms with van der Waals surface area (Å²) in [5.41, 5.74) is 1.02. The van der Waals surface area contributed by atoms with Crippen molar-refractivity contribution < 1.29 is 22.6 Å². The SMILES string of the molecule is COC1(c2cc3c(=N[C@H](C)c4cccc(C(F)F)c4F)nc(C)nc-3n3c2NCC3)CCOCC1. The van der Waals surface area contributed by atoms with E-state index in [-0.39, 0.29) is 5.56 Å². The quantitative estimate of drug-likeness (QED) is 0.574. The Balaban J connectivity index is 1.71. The lowest BCUT2D eigenvalue weighted by molar-refractivity contribution is -0.0945. The number of aryl methyl sites for hydroxylation is 1. The summed E-state index contributed by atoms with van der Waals surface area (Å²) in [7, 11) is 1.71. The number of hydrogen-bond acceptors (Lipinski definition) is 6. The molecule has 0 aliphatic carbocycles. The summed E-state index contributed by atoms with van der Waals surface area (Å²) in [6.45, 7) is 6.09. The minimum atomic E-state index is -2.90. The second-order valence-corrected chi connectivity index (χ2v) is 8.98. The largest absolute Gasteiger partial charge is 0.381 e. The molecule has 0 radical (unpaired) electrons. The molecule has 0 unspecified atom stereocenters. The average molecular weight is 488 g/mol. The van der Waals surface area contributed by atoms with Crippen LogP contribution in [0.5, 0.6) is 0 Å². The van der Waals surface area contributed by atoms with Crippen molar-refractivity contribution in [2.45, 2.75) is 51.3 Å². The Morgan fingerprint density at radius 1 is 1.20 bits per heavy atom. The number of nitrogens with zero attached hydrogens (tertiary/aromatic N) is 4. The Kier molecular flexibility index (Phi) is 6.27. The highest BCUT2D eigenvalue weighted by Gasteiger charge is 2.39. The lowest BCUT2D eigenvalue weighted by Crippen LogP contribution is -2.37. The Hall–Kier alpha value is -2.98. The predicted octanol–water partition coefficient (Wildman–Crippen LogP) is 4.51. The molecule has 0 aromatic heterocycles. The van der Waals surface area contributed by atoms with Crippen LogP contribution in [-0.2, 0) is 21.6 Å². The number of fused-ring (bicyclic) bond motifs is 3. The van der Waals surface area contributed by atoms with Crippen molar-refractivity contribution in [2.24, 2.45) is 4.99 Å². The van der Waals surface area contributed by atoms with E-state index in [1.165, 1.54) is 12.1 Å². The minimum Gasteiger partial charge on any atom is -0.381 e. The number of benzene rings is 1. The van der Waals surface area contributed by atoms with Gasteiger partial charge in [-0.15, -0.1) is 0 Å². The Labute approximate surface area is 201 Å². The number of ether oxygens (including phenoxy) is 2. The van der Waals surface area contributed by atoms with Gasteiger partial charge in [0.25, 0.3) is 6.43 Å². The van der Waals surface area contributed by atoms with Gasteiger partial charge in [0.1, 0.15) is 28.9 Å². The molecule has 4 aliphatic rings. The van der Waals surface area contributed by atoms with E-state index in [0.29, 0.717) is 55.3 Å². The number of methoxy groups -OCH3 is 1. The monoisotopic (exact) mass is 487 g/mol. The second kappa shape index (κ2) is 9.23. The van der Waals surface area contributed by atoms with Gasteiger partial charge in [-0.05, 0) is 19.9 Å². The number of alkyl halides is 2. The normalized spacial score (nSPS) is 18.7. The maximum atomic E-state index is 14.8. The number of aromatic nitrogens is 3. The molecule has 0 saturated carbocycles. The average Bonchev–Trinajstić information content (AvgIpc) is 3.34. The fourth-order valence-electron chi connectivity index (χ4n) is 5.09. The molecule has 4 heterocycles. The van der Waals surface area contributed by atoms with Crippen molar-refractivity contribution in [1.82, 2.24) is 14.5 Å². The molecular weight excluding hydrogens is 459 g/mol. The summed E-state index contributed by atoms with van der Waals surface area (Å²) in [6.07, 6.45) is -1.50. The molecule has 35 heavy (non-hydrogen) atoms. The summed E-state index contributed by atoms with van der Waals surface area (Å²) in [5, 5.41) is 3.48. The molecular formula is C25H28F3N5O2. The van der Waals surface area contributed by atoms with Gasteiger partial charge in [-0.1, -0.05) is 18.2 Å². The zero-order chi connectivity index (χ0) is 24.7. The van der Waals surface area contributed by atoms with Gasteiger partial charge in [0.2, 0.25) is 0 Å². The number of hydrogen-bond donors (Lipinski definition) is 1. The predicted molar refractivity (Wildman–Crippen MR) is 124 cm³/mol. The number of rotatable bonds is 5. The van der Waals surface area contributed by atoms with Crippen molar-refractivity contribution in [3.63, 3.8) is 0 Å². The maximum absolute atomic E-state index is 14.8. The molecule has 1 saturated heterocycles. The van der Waals surface area contributed by atoms with Crippen LogP contribution in [0.3, 0.4) is 0 Å². The summed E-state index contributed by atoms with van der Waals surface area (Å²) >= 11 is 0. The topological polar surface area (TPSA) is 73.6 Å². The van der Waals surface area contributed by atoms with Crippen LogP contribution in [0, 0.1) is 12.7 Å². The molecule has 7 nitrogen and oxygen atoms in total. The van der Waals surface area contributed by atoms with E-state index in [1.807, 2.05) is 6.07 Å². The second-order valence-electron chi connectivity index (χ2n) is 8.98. The van der Waals surface area contributed by atoms with Crippen LogP contribution in [0.15, 0.2) is 29.3 Å². The van der Waals surface area contributed by atoms with Crippen molar-refractivity contribution in [3.8, 4) is 11.4 Å². The van der Waals surface area contributed by atoms with Gasteiger partial charge in [-0.2, -0.15) is 0 Å². The standard InChI is InChI=1S/C25H28F3N5O2/c1-14(16-5-4-6-17(20(16)26)21(27)28)30-22-18-13-19(25(34-3)7-11-35-12-8-25)24-29-9-10-33(24)23(18)32-15(2)31-22/h4-6,13-14,21,29H,7-12H2,1-3H3/t14-/m1/s1. The van der Waals surface area contributed by atoms with E-state index in [0.717, 1.165) is 24.0 Å². The molecule has 0 bridgehead atoms. The zero-order valence-corrected chi connectivity index (χ0v) is 19.9. The van der Waals surface area contributed by atoms with Crippen LogP contribution in [0.4, 0.5) is 19.0 Å². The Morgan fingerprint density at radius 3 is 2.66 bits per heavy atom. The van der Waals surface area contributed by atoms with Crippen LogP contribution in [0.2, 0.25) is 0 Å². The molecule has 1 aromatic rings. The van der Waals surface area contributed by atoms with Crippen molar-refractivity contribution >= 4 is 5.82 Å². The molecule has 10 heteroatoms. The highest BCUT2D eigenvalue weighted by molar-refractivity contribution is 5.67. The van der Waals surface area contributed by atoms with Crippen molar-refractivity contribution in [3.05, 3.63) is 58.1 Å². The number of anilines is 1. The molecule has 1 N–H and O–H groups in total. The van der Waals surface area contributed by atoms with Gasteiger partial charge in [0.15, 0.2) is 5.49 Å². The number of pyridine rings is 1. The molecule has 1 aromatic carbocycles. The fourth-order valence-corrected chi connectivity index (χ4v) is 5.09. The first-order chi connectivity index (χ1) is 16.8. The van der Waals surface area contributed by atoms with Crippen LogP contribution < -0.4 is 10.8 Å². The first kappa shape index (κ1) is 23.7. The third-order valence-electron chi connectivity index (χ3n) is 6.96. The lowest BCUT2D eigenvalue weighted by Gasteiger charge is -2.38. The Bertz CT molecular complexity index is 1290. The van der Waals surface area contributed by atoms with Gasteiger partial charge in [-0.3, -0.25) is 4.99 Å². The van der Waals surface area contributed by atoms with E-state index in [4.69, 9.17) is 19.5 Å². The lowest BCUT2D eigenvalue weighted by atomic mass is 9.85. The third-order valence-corrected chi connectivity index (χ3v) is 6.96. The van der Waals surface area contributed by atoms with E-state index >= 15 is 0 Å². The third kappa shape index (κ3) is 4.08. The van der Waals surface area contributed by atoms with E-state index in [2.05, 4.69) is 14.9 Å². The molecule has 4 aliphatic heterocycles. The maximum Gasteiger partial charge on any atom is 0.266 e. The summed E-state index contributed by atoms with van der Waals surface area (Å²) in [5.74, 6) is 1.25. The first-order valence-electron chi connectivity index (χ1n) is 11.7. The van der Waals surface area contributed by atoms with Crippen LogP contribution in [0.25, 0.3) is 11.4 Å². The zero-order valence-electron chi connectivity index (χ0n) is 19.9. The van der Waals surface area contributed by atoms with Gasteiger partial charge in [0, 0.05) is 57.4 Å². The molecule has 1 atom stereocenters. The van der Waals surface area contributed by atoms with Crippen molar-refractivity contribution in [2.75, 3.05) is 32.2 Å². The number of halogens is 3. The first-order valence-corrected chi connectivity index (χ1v) is 11.7. The smallest absolute Gasteiger partial charge is 0.266 e. The molecule has 0 spiro atoms. The summed E-state index contributed by atoms with van der Waals surface area (Å²) < 4.78 is 55.1. The van der Waals surface area contributed by atoms with E-state index in [9.17, 15) is 13.2 Å². The van der Waals surface area contributed by atoms with E-state index in [1.54, 1.807) is 21.0 Å².